The van der Waals surface area contributed by atoms with Gasteiger partial charge in [-0.15, -0.1) is 0 Å². The van der Waals surface area contributed by atoms with Crippen molar-refractivity contribution in [2.75, 3.05) is 5.32 Å². The van der Waals surface area contributed by atoms with Crippen molar-refractivity contribution >= 4 is 23.5 Å². The van der Waals surface area contributed by atoms with Gasteiger partial charge in [0, 0.05) is 17.5 Å². The molecule has 2 N–H and O–H groups in total. The summed E-state index contributed by atoms with van der Waals surface area (Å²) in [5.41, 5.74) is 2.87. The van der Waals surface area contributed by atoms with Crippen molar-refractivity contribution in [1.82, 2.24) is 0 Å². The molecule has 0 unspecified atom stereocenters. The maximum atomic E-state index is 10.9. The summed E-state index contributed by atoms with van der Waals surface area (Å²) in [6, 6.07) is 5.51. The molecule has 19 heavy (non-hydrogen) atoms. The number of carbonyl (C=O) groups is 1. The topological polar surface area (TPSA) is 65.3 Å². The van der Waals surface area contributed by atoms with Crippen LogP contribution in [0.2, 0.25) is 0 Å². The van der Waals surface area contributed by atoms with Crippen molar-refractivity contribution in [3.8, 4) is 0 Å². The molecule has 0 spiro atoms. The highest BCUT2D eigenvalue weighted by molar-refractivity contribution is 6.43. The Balaban J connectivity index is 3.03. The predicted molar refractivity (Wildman–Crippen MR) is 80.5 cm³/mol. The molecule has 0 amide bonds. The van der Waals surface area contributed by atoms with Gasteiger partial charge in [-0.3, -0.25) is 4.79 Å². The molecule has 1 aromatic rings. The van der Waals surface area contributed by atoms with Gasteiger partial charge in [0.1, 0.15) is 6.29 Å². The Morgan fingerprint density at radius 1 is 1.47 bits per heavy atom. The zero-order valence-corrected chi connectivity index (χ0v) is 11.5. The van der Waals surface area contributed by atoms with Crippen LogP contribution in [-0.2, 0) is 6.42 Å². The molecular formula is C15H19N3O. The summed E-state index contributed by atoms with van der Waals surface area (Å²) in [4.78, 5) is 15.0. The summed E-state index contributed by atoms with van der Waals surface area (Å²) in [7, 11) is 0. The first-order valence-corrected chi connectivity index (χ1v) is 6.22. The number of anilines is 1. The van der Waals surface area contributed by atoms with E-state index in [2.05, 4.69) is 10.3 Å². The van der Waals surface area contributed by atoms with E-state index in [1.807, 2.05) is 26.0 Å². The smallest absolute Gasteiger partial charge is 0.151 e. The van der Waals surface area contributed by atoms with Gasteiger partial charge in [-0.05, 0) is 44.0 Å². The van der Waals surface area contributed by atoms with E-state index in [0.717, 1.165) is 24.0 Å². The fourth-order valence-corrected chi connectivity index (χ4v) is 1.61. The van der Waals surface area contributed by atoms with E-state index < -0.39 is 0 Å². The van der Waals surface area contributed by atoms with Gasteiger partial charge in [0.25, 0.3) is 0 Å². The van der Waals surface area contributed by atoms with Gasteiger partial charge in [0.05, 0.1) is 5.71 Å². The molecular weight excluding hydrogens is 238 g/mol. The molecule has 0 heterocycles. The molecule has 0 aromatic heterocycles. The van der Waals surface area contributed by atoms with E-state index in [9.17, 15) is 4.79 Å². The van der Waals surface area contributed by atoms with Gasteiger partial charge in [-0.25, -0.2) is 4.99 Å². The third kappa shape index (κ3) is 4.17. The number of benzene rings is 1. The number of hydrogen-bond donors (Lipinski definition) is 2. The number of nitrogens with one attached hydrogen (secondary N) is 2. The molecule has 0 aliphatic heterocycles. The lowest BCUT2D eigenvalue weighted by Gasteiger charge is -2.10. The SMILES string of the molecule is C/C=C\N=C(Nc1ccc(C=O)c(CC)c1)C(C)=N. The minimum atomic E-state index is 0.357. The highest BCUT2D eigenvalue weighted by atomic mass is 16.1. The number of aliphatic imine (C=N–C) groups is 1. The second kappa shape index (κ2) is 7.26. The minimum Gasteiger partial charge on any atom is -0.339 e. The first-order chi connectivity index (χ1) is 9.12. The zero-order chi connectivity index (χ0) is 14.3. The molecule has 0 saturated carbocycles. The molecule has 1 aromatic carbocycles. The molecule has 0 atom stereocenters. The molecule has 0 aliphatic rings. The van der Waals surface area contributed by atoms with Gasteiger partial charge in [-0.1, -0.05) is 13.0 Å². The van der Waals surface area contributed by atoms with E-state index in [-0.39, 0.29) is 0 Å². The third-order valence-corrected chi connectivity index (χ3v) is 2.62. The van der Waals surface area contributed by atoms with Crippen molar-refractivity contribution in [3.05, 3.63) is 41.6 Å². The van der Waals surface area contributed by atoms with Crippen molar-refractivity contribution < 1.29 is 4.79 Å². The number of aldehydes is 1. The van der Waals surface area contributed by atoms with Crippen LogP contribution in [0.15, 0.2) is 35.5 Å². The zero-order valence-electron chi connectivity index (χ0n) is 11.5. The minimum absolute atomic E-state index is 0.357. The number of allylic oxidation sites excluding steroid dienone is 1. The summed E-state index contributed by atoms with van der Waals surface area (Å²) >= 11 is 0. The fourth-order valence-electron chi connectivity index (χ4n) is 1.61. The Bertz CT molecular complexity index is 530. The summed E-state index contributed by atoms with van der Waals surface area (Å²) < 4.78 is 0. The third-order valence-electron chi connectivity index (χ3n) is 2.62. The van der Waals surface area contributed by atoms with Crippen LogP contribution in [0.25, 0.3) is 0 Å². The predicted octanol–water partition coefficient (Wildman–Crippen LogP) is 3.45. The van der Waals surface area contributed by atoms with Crippen LogP contribution in [0.3, 0.4) is 0 Å². The van der Waals surface area contributed by atoms with Gasteiger partial charge in [0.15, 0.2) is 5.84 Å². The molecule has 4 nitrogen and oxygen atoms in total. The second-order valence-electron chi connectivity index (χ2n) is 4.10. The van der Waals surface area contributed by atoms with E-state index in [1.165, 1.54) is 0 Å². The van der Waals surface area contributed by atoms with E-state index in [1.54, 1.807) is 25.3 Å². The van der Waals surface area contributed by atoms with Crippen LogP contribution in [-0.4, -0.2) is 17.8 Å². The lowest BCUT2D eigenvalue weighted by atomic mass is 10.1. The van der Waals surface area contributed by atoms with Crippen LogP contribution in [0.4, 0.5) is 5.69 Å². The van der Waals surface area contributed by atoms with E-state index >= 15 is 0 Å². The largest absolute Gasteiger partial charge is 0.339 e. The molecule has 0 radical (unpaired) electrons. The monoisotopic (exact) mass is 257 g/mol. The Morgan fingerprint density at radius 3 is 2.74 bits per heavy atom. The Hall–Kier alpha value is -2.23. The maximum Gasteiger partial charge on any atom is 0.151 e. The molecule has 1 rings (SSSR count). The Morgan fingerprint density at radius 2 is 2.21 bits per heavy atom. The highest BCUT2D eigenvalue weighted by Gasteiger charge is 2.05. The summed E-state index contributed by atoms with van der Waals surface area (Å²) in [5.74, 6) is 0.499. The van der Waals surface area contributed by atoms with Gasteiger partial charge >= 0.3 is 0 Å². The highest BCUT2D eigenvalue weighted by Crippen LogP contribution is 2.15. The Kier molecular flexibility index (Phi) is 5.67. The number of carbonyl (C=O) groups excluding carboxylic acids is 1. The summed E-state index contributed by atoms with van der Waals surface area (Å²) in [5, 5.41) is 10.8. The quantitative estimate of drug-likeness (QED) is 0.482. The molecule has 0 fully saturated rings. The Labute approximate surface area is 113 Å². The standard InChI is InChI=1S/C15H19N3O/c1-4-8-17-15(11(3)16)18-14-7-6-13(10-19)12(5-2)9-14/h4,6-10,16H,5H2,1-3H3,(H,17,18)/b8-4-,16-11?. The normalized spacial score (nSPS) is 11.6. The second-order valence-corrected chi connectivity index (χ2v) is 4.10. The van der Waals surface area contributed by atoms with Crippen LogP contribution in [0.1, 0.15) is 36.7 Å². The van der Waals surface area contributed by atoms with Gasteiger partial charge in [-0.2, -0.15) is 0 Å². The number of aryl methyl sites for hydroxylation is 1. The summed E-state index contributed by atoms with van der Waals surface area (Å²) in [6.07, 6.45) is 5.09. The van der Waals surface area contributed by atoms with Crippen LogP contribution in [0.5, 0.6) is 0 Å². The van der Waals surface area contributed by atoms with Crippen molar-refractivity contribution in [2.24, 2.45) is 4.99 Å². The first kappa shape index (κ1) is 14.8. The molecule has 100 valence electrons. The van der Waals surface area contributed by atoms with Crippen molar-refractivity contribution in [1.29, 1.82) is 5.41 Å². The summed E-state index contributed by atoms with van der Waals surface area (Å²) in [6.45, 7) is 5.55. The van der Waals surface area contributed by atoms with Crippen LogP contribution in [0, 0.1) is 5.41 Å². The van der Waals surface area contributed by atoms with Gasteiger partial charge in [0.2, 0.25) is 0 Å². The first-order valence-electron chi connectivity index (χ1n) is 6.22. The van der Waals surface area contributed by atoms with Crippen LogP contribution >= 0.6 is 0 Å². The molecule has 4 heteroatoms. The number of nitrogens with zero attached hydrogens (tertiary/aromatic N) is 1. The number of amidine groups is 1. The lowest BCUT2D eigenvalue weighted by molar-refractivity contribution is 0.112. The van der Waals surface area contributed by atoms with Crippen molar-refractivity contribution in [3.63, 3.8) is 0 Å². The number of rotatable bonds is 5. The van der Waals surface area contributed by atoms with E-state index in [0.29, 0.717) is 17.1 Å². The fraction of sp³-hybridized carbons (Fsp3) is 0.267. The van der Waals surface area contributed by atoms with Crippen LogP contribution < -0.4 is 5.32 Å². The average Bonchev–Trinajstić information content (AvgIpc) is 2.42. The van der Waals surface area contributed by atoms with Crippen molar-refractivity contribution in [2.45, 2.75) is 27.2 Å². The van der Waals surface area contributed by atoms with Gasteiger partial charge < -0.3 is 10.7 Å². The molecule has 0 bridgehead atoms. The maximum absolute atomic E-state index is 10.9. The average molecular weight is 257 g/mol. The van der Waals surface area contributed by atoms with E-state index in [4.69, 9.17) is 5.41 Å². The number of hydrogen-bond acceptors (Lipinski definition) is 3. The molecule has 0 saturated heterocycles. The lowest BCUT2D eigenvalue weighted by Crippen LogP contribution is -2.19. The molecule has 0 aliphatic carbocycles.